The lowest BCUT2D eigenvalue weighted by Crippen LogP contribution is -2.12. The number of nitrogens with one attached hydrogen (secondary N) is 1. The van der Waals surface area contributed by atoms with Crippen LogP contribution in [-0.2, 0) is 17.6 Å². The van der Waals surface area contributed by atoms with Gasteiger partial charge in [0.05, 0.1) is 11.3 Å². The van der Waals surface area contributed by atoms with E-state index in [4.69, 9.17) is 0 Å². The van der Waals surface area contributed by atoms with Gasteiger partial charge in [0, 0.05) is 29.4 Å². The molecule has 1 aliphatic carbocycles. The van der Waals surface area contributed by atoms with E-state index in [1.54, 1.807) is 29.3 Å². The molecule has 0 aliphatic heterocycles. The number of aryl methyl sites for hydroxylation is 3. The summed E-state index contributed by atoms with van der Waals surface area (Å²) in [5.74, 6) is 0.572. The first-order chi connectivity index (χ1) is 14.6. The van der Waals surface area contributed by atoms with Gasteiger partial charge in [-0.3, -0.25) is 9.36 Å². The van der Waals surface area contributed by atoms with E-state index >= 15 is 0 Å². The number of hydrogen-bond acceptors (Lipinski definition) is 5. The van der Waals surface area contributed by atoms with Gasteiger partial charge in [-0.2, -0.15) is 5.26 Å². The molecule has 4 rings (SSSR count). The summed E-state index contributed by atoms with van der Waals surface area (Å²) < 4.78 is 2.08. The maximum Gasteiger partial charge on any atom is 0.225 e. The van der Waals surface area contributed by atoms with E-state index in [0.717, 1.165) is 47.1 Å². The Hall–Kier alpha value is -2.56. The zero-order chi connectivity index (χ0) is 21.1. The molecule has 2 aromatic heterocycles. The maximum absolute atomic E-state index is 12.5. The third-order valence-corrected chi connectivity index (χ3v) is 7.50. The van der Waals surface area contributed by atoms with Crippen LogP contribution in [0.5, 0.6) is 0 Å². The summed E-state index contributed by atoms with van der Waals surface area (Å²) in [5, 5.41) is 14.1. The highest BCUT2D eigenvalue weighted by molar-refractivity contribution is 7.99. The second-order valence-electron chi connectivity index (χ2n) is 7.54. The van der Waals surface area contributed by atoms with Crippen LogP contribution in [0.4, 0.5) is 5.00 Å². The Morgan fingerprint density at radius 2 is 2.17 bits per heavy atom. The topological polar surface area (TPSA) is 70.7 Å². The summed E-state index contributed by atoms with van der Waals surface area (Å²) in [6.07, 6.45) is 8.37. The van der Waals surface area contributed by atoms with E-state index in [0.29, 0.717) is 17.7 Å². The lowest BCUT2D eigenvalue weighted by molar-refractivity contribution is -0.115. The van der Waals surface area contributed by atoms with Gasteiger partial charge in [0.1, 0.15) is 11.1 Å². The van der Waals surface area contributed by atoms with E-state index in [1.807, 2.05) is 6.20 Å². The molecule has 0 saturated carbocycles. The molecule has 0 bridgehead atoms. The highest BCUT2D eigenvalue weighted by atomic mass is 32.2. The lowest BCUT2D eigenvalue weighted by Gasteiger charge is -2.11. The summed E-state index contributed by atoms with van der Waals surface area (Å²) in [6.45, 7) is 4.17. The monoisotopic (exact) mass is 436 g/mol. The molecule has 0 spiro atoms. The first-order valence-corrected chi connectivity index (χ1v) is 12.0. The number of rotatable bonds is 6. The van der Waals surface area contributed by atoms with Crippen molar-refractivity contribution in [3.05, 3.63) is 57.7 Å². The minimum absolute atomic E-state index is 0.0533. The van der Waals surface area contributed by atoms with E-state index in [9.17, 15) is 10.1 Å². The van der Waals surface area contributed by atoms with Crippen LogP contribution in [0.25, 0.3) is 5.69 Å². The standard InChI is InChI=1S/C23H24N4OS2/c1-15-7-8-16(2)19(13-15)27-11-10-25-23(27)29-12-9-21(28)26-22-18(14-24)17-5-3-4-6-20(17)30-22/h7-8,10-11,13H,3-6,9,12H2,1-2H3,(H,26,28). The third-order valence-electron chi connectivity index (χ3n) is 5.33. The molecule has 5 nitrogen and oxygen atoms in total. The van der Waals surface area contributed by atoms with Crippen molar-refractivity contribution >= 4 is 34.0 Å². The highest BCUT2D eigenvalue weighted by Crippen LogP contribution is 2.37. The van der Waals surface area contributed by atoms with Gasteiger partial charge >= 0.3 is 0 Å². The van der Waals surface area contributed by atoms with Crippen LogP contribution in [0.3, 0.4) is 0 Å². The molecule has 1 aliphatic rings. The third kappa shape index (κ3) is 4.30. The maximum atomic E-state index is 12.5. The molecule has 1 aromatic carbocycles. The number of anilines is 1. The van der Waals surface area contributed by atoms with Gasteiger partial charge in [0.15, 0.2) is 5.16 Å². The summed E-state index contributed by atoms with van der Waals surface area (Å²) in [4.78, 5) is 18.3. The average molecular weight is 437 g/mol. The summed E-state index contributed by atoms with van der Waals surface area (Å²) in [5.41, 5.74) is 5.31. The molecule has 7 heteroatoms. The number of benzene rings is 1. The Labute approximate surface area is 185 Å². The van der Waals surface area contributed by atoms with Crippen molar-refractivity contribution < 1.29 is 4.79 Å². The molecular formula is C23H24N4OS2. The second kappa shape index (κ2) is 9.07. The first kappa shape index (κ1) is 20.7. The van der Waals surface area contributed by atoms with Crippen LogP contribution >= 0.6 is 23.1 Å². The summed E-state index contributed by atoms with van der Waals surface area (Å²) in [7, 11) is 0. The largest absolute Gasteiger partial charge is 0.317 e. The molecule has 0 radical (unpaired) electrons. The van der Waals surface area contributed by atoms with Crippen molar-refractivity contribution in [2.45, 2.75) is 51.1 Å². The molecular weight excluding hydrogens is 412 g/mol. The number of nitrogens with zero attached hydrogens (tertiary/aromatic N) is 3. The normalized spacial score (nSPS) is 13.0. The van der Waals surface area contributed by atoms with Gasteiger partial charge in [-0.25, -0.2) is 4.98 Å². The molecule has 1 N–H and O–H groups in total. The molecule has 0 unspecified atom stereocenters. The van der Waals surface area contributed by atoms with Crippen LogP contribution in [0.1, 0.15) is 46.4 Å². The molecule has 0 saturated heterocycles. The first-order valence-electron chi connectivity index (χ1n) is 10.1. The van der Waals surface area contributed by atoms with Gasteiger partial charge in [-0.15, -0.1) is 11.3 Å². The molecule has 0 fully saturated rings. The van der Waals surface area contributed by atoms with E-state index in [2.05, 4.69) is 53.0 Å². The minimum atomic E-state index is -0.0533. The van der Waals surface area contributed by atoms with Crippen molar-refractivity contribution in [2.75, 3.05) is 11.1 Å². The molecule has 1 amide bonds. The average Bonchev–Trinajstić information content (AvgIpc) is 3.33. The fraction of sp³-hybridized carbons (Fsp3) is 0.348. The van der Waals surface area contributed by atoms with Crippen LogP contribution in [0.15, 0.2) is 35.7 Å². The zero-order valence-corrected chi connectivity index (χ0v) is 18.8. The van der Waals surface area contributed by atoms with Crippen molar-refractivity contribution in [3.63, 3.8) is 0 Å². The SMILES string of the molecule is Cc1ccc(C)c(-n2ccnc2SCCC(=O)Nc2sc3c(c2C#N)CCCC3)c1. The van der Waals surface area contributed by atoms with Crippen molar-refractivity contribution in [1.82, 2.24) is 9.55 Å². The zero-order valence-electron chi connectivity index (χ0n) is 17.2. The Bertz CT molecular complexity index is 1120. The van der Waals surface area contributed by atoms with Gasteiger partial charge < -0.3 is 5.32 Å². The summed E-state index contributed by atoms with van der Waals surface area (Å²) in [6, 6.07) is 8.66. The fourth-order valence-electron chi connectivity index (χ4n) is 3.76. The number of amides is 1. The van der Waals surface area contributed by atoms with Crippen molar-refractivity contribution in [3.8, 4) is 11.8 Å². The van der Waals surface area contributed by atoms with E-state index < -0.39 is 0 Å². The predicted octanol–water partition coefficient (Wildman–Crippen LogP) is 5.42. The highest BCUT2D eigenvalue weighted by Gasteiger charge is 2.21. The molecule has 3 aromatic rings. The Morgan fingerprint density at radius 1 is 1.33 bits per heavy atom. The number of aromatic nitrogens is 2. The van der Waals surface area contributed by atoms with Crippen molar-refractivity contribution in [1.29, 1.82) is 5.26 Å². The number of imidazole rings is 1. The predicted molar refractivity (Wildman–Crippen MR) is 123 cm³/mol. The molecule has 154 valence electrons. The minimum Gasteiger partial charge on any atom is -0.317 e. The van der Waals surface area contributed by atoms with E-state index in [1.165, 1.54) is 16.0 Å². The Morgan fingerprint density at radius 3 is 3.00 bits per heavy atom. The van der Waals surface area contributed by atoms with Crippen LogP contribution < -0.4 is 5.32 Å². The quantitative estimate of drug-likeness (QED) is 0.524. The number of hydrogen-bond donors (Lipinski definition) is 1. The Kier molecular flexibility index (Phi) is 6.26. The van der Waals surface area contributed by atoms with Gasteiger partial charge in [0.2, 0.25) is 5.91 Å². The number of fused-ring (bicyclic) bond motifs is 1. The van der Waals surface area contributed by atoms with Gasteiger partial charge in [-0.1, -0.05) is 23.9 Å². The number of nitriles is 1. The molecule has 0 atom stereocenters. The van der Waals surface area contributed by atoms with Gasteiger partial charge in [-0.05, 0) is 62.3 Å². The van der Waals surface area contributed by atoms with Crippen molar-refractivity contribution in [2.24, 2.45) is 0 Å². The van der Waals surface area contributed by atoms with Gasteiger partial charge in [0.25, 0.3) is 0 Å². The van der Waals surface area contributed by atoms with E-state index in [-0.39, 0.29) is 5.91 Å². The molecule has 30 heavy (non-hydrogen) atoms. The number of carbonyl (C=O) groups is 1. The number of carbonyl (C=O) groups excluding carboxylic acids is 1. The lowest BCUT2D eigenvalue weighted by atomic mass is 9.96. The number of thiophene rings is 1. The molecule has 2 heterocycles. The van der Waals surface area contributed by atoms with Crippen LogP contribution in [-0.4, -0.2) is 21.2 Å². The summed E-state index contributed by atoms with van der Waals surface area (Å²) >= 11 is 3.14. The second-order valence-corrected chi connectivity index (χ2v) is 9.71. The number of thioether (sulfide) groups is 1. The van der Waals surface area contributed by atoms with Crippen LogP contribution in [0, 0.1) is 25.2 Å². The Balaban J connectivity index is 1.39. The van der Waals surface area contributed by atoms with Crippen LogP contribution in [0.2, 0.25) is 0 Å². The smallest absolute Gasteiger partial charge is 0.225 e. The fourth-order valence-corrected chi connectivity index (χ4v) is 5.91.